The third kappa shape index (κ3) is 12.1. The monoisotopic (exact) mass is 480 g/mol. The summed E-state index contributed by atoms with van der Waals surface area (Å²) < 4.78 is 11.0. The fourth-order valence-corrected chi connectivity index (χ4v) is 4.02. The highest BCUT2D eigenvalue weighted by Crippen LogP contribution is 2.15. The molecule has 0 saturated carbocycles. The summed E-state index contributed by atoms with van der Waals surface area (Å²) in [6.07, 6.45) is 16.0. The van der Waals surface area contributed by atoms with Crippen LogP contribution >= 0.6 is 0 Å². The predicted octanol–water partition coefficient (Wildman–Crippen LogP) is 8.37. The smallest absolute Gasteiger partial charge is 0.338 e. The summed E-state index contributed by atoms with van der Waals surface area (Å²) in [6, 6.07) is 14.6. The van der Waals surface area contributed by atoms with Gasteiger partial charge in [0.2, 0.25) is 0 Å². The van der Waals surface area contributed by atoms with Gasteiger partial charge in [-0.1, -0.05) is 90.2 Å². The second-order valence-electron chi connectivity index (χ2n) is 9.35. The standard InChI is InChI=1S/C31H44O4/c1-3-5-7-9-10-12-14-24-34-29-22-20-27(21-23-29)30(32)25-35-31(33)28-18-16-26(17-19-28)15-13-11-8-6-4-2/h16-23H,3-15,24-25H2,1-2H3. The van der Waals surface area contributed by atoms with Crippen molar-refractivity contribution < 1.29 is 19.1 Å². The second kappa shape index (κ2) is 17.8. The lowest BCUT2D eigenvalue weighted by Gasteiger charge is -2.08. The quantitative estimate of drug-likeness (QED) is 0.115. The van der Waals surface area contributed by atoms with Gasteiger partial charge >= 0.3 is 5.97 Å². The average molecular weight is 481 g/mol. The van der Waals surface area contributed by atoms with E-state index in [0.29, 0.717) is 17.7 Å². The highest BCUT2D eigenvalue weighted by atomic mass is 16.5. The summed E-state index contributed by atoms with van der Waals surface area (Å²) in [5, 5.41) is 0. The fourth-order valence-electron chi connectivity index (χ4n) is 4.02. The third-order valence-electron chi connectivity index (χ3n) is 6.29. The molecule has 0 fully saturated rings. The van der Waals surface area contributed by atoms with Crippen LogP contribution in [0.25, 0.3) is 0 Å². The van der Waals surface area contributed by atoms with Crippen molar-refractivity contribution >= 4 is 11.8 Å². The van der Waals surface area contributed by atoms with E-state index >= 15 is 0 Å². The molecule has 35 heavy (non-hydrogen) atoms. The van der Waals surface area contributed by atoms with Gasteiger partial charge in [-0.15, -0.1) is 0 Å². The number of aryl methyl sites for hydroxylation is 1. The van der Waals surface area contributed by atoms with Crippen LogP contribution in [0.15, 0.2) is 48.5 Å². The van der Waals surface area contributed by atoms with E-state index in [2.05, 4.69) is 13.8 Å². The third-order valence-corrected chi connectivity index (χ3v) is 6.29. The van der Waals surface area contributed by atoms with Crippen LogP contribution in [0.1, 0.15) is 117 Å². The Kier molecular flexibility index (Phi) is 14.5. The van der Waals surface area contributed by atoms with E-state index in [0.717, 1.165) is 18.6 Å². The van der Waals surface area contributed by atoms with Crippen LogP contribution in [-0.2, 0) is 11.2 Å². The van der Waals surface area contributed by atoms with E-state index < -0.39 is 5.97 Å². The molecular weight excluding hydrogens is 436 g/mol. The maximum absolute atomic E-state index is 12.4. The Morgan fingerprint density at radius 2 is 1.17 bits per heavy atom. The maximum atomic E-state index is 12.4. The fraction of sp³-hybridized carbons (Fsp3) is 0.548. The summed E-state index contributed by atoms with van der Waals surface area (Å²) in [5.74, 6) is 0.0677. The highest BCUT2D eigenvalue weighted by molar-refractivity contribution is 5.99. The molecule has 0 amide bonds. The molecule has 192 valence electrons. The van der Waals surface area contributed by atoms with Gasteiger partial charge in [-0.05, 0) is 61.2 Å². The Labute approximate surface area is 212 Å². The number of ketones is 1. The second-order valence-corrected chi connectivity index (χ2v) is 9.35. The molecule has 0 spiro atoms. The minimum absolute atomic E-state index is 0.222. The summed E-state index contributed by atoms with van der Waals surface area (Å²) in [7, 11) is 0. The first kappa shape index (κ1) is 28.6. The Morgan fingerprint density at radius 1 is 0.629 bits per heavy atom. The van der Waals surface area contributed by atoms with Crippen molar-refractivity contribution in [3.05, 3.63) is 65.2 Å². The zero-order valence-corrected chi connectivity index (χ0v) is 21.9. The molecule has 0 aromatic heterocycles. The van der Waals surface area contributed by atoms with Crippen LogP contribution in [0.5, 0.6) is 5.75 Å². The molecule has 0 heterocycles. The lowest BCUT2D eigenvalue weighted by atomic mass is 10.0. The molecule has 0 N–H and O–H groups in total. The molecule has 2 aromatic carbocycles. The Bertz CT molecular complexity index is 839. The number of carbonyl (C=O) groups excluding carboxylic acids is 2. The van der Waals surface area contributed by atoms with Gasteiger partial charge < -0.3 is 9.47 Å². The maximum Gasteiger partial charge on any atom is 0.338 e. The lowest BCUT2D eigenvalue weighted by molar-refractivity contribution is 0.0474. The molecule has 0 aliphatic carbocycles. The molecule has 4 nitrogen and oxygen atoms in total. The molecule has 2 rings (SSSR count). The molecule has 0 unspecified atom stereocenters. The lowest BCUT2D eigenvalue weighted by Crippen LogP contribution is -2.14. The highest BCUT2D eigenvalue weighted by Gasteiger charge is 2.12. The van der Waals surface area contributed by atoms with Crippen molar-refractivity contribution in [2.75, 3.05) is 13.2 Å². The normalized spacial score (nSPS) is 10.8. The van der Waals surface area contributed by atoms with Gasteiger partial charge in [0.25, 0.3) is 0 Å². The Balaban J connectivity index is 1.65. The van der Waals surface area contributed by atoms with Gasteiger partial charge in [-0.3, -0.25) is 4.79 Å². The van der Waals surface area contributed by atoms with Crippen LogP contribution < -0.4 is 4.74 Å². The SMILES string of the molecule is CCCCCCCCCOc1ccc(C(=O)COC(=O)c2ccc(CCCCCCC)cc2)cc1. The molecule has 0 saturated heterocycles. The van der Waals surface area contributed by atoms with Crippen LogP contribution in [-0.4, -0.2) is 25.0 Å². The van der Waals surface area contributed by atoms with E-state index in [4.69, 9.17) is 9.47 Å². The minimum atomic E-state index is -0.470. The van der Waals surface area contributed by atoms with Crippen molar-refractivity contribution in [3.8, 4) is 5.75 Å². The van der Waals surface area contributed by atoms with Crippen LogP contribution in [0.3, 0.4) is 0 Å². The largest absolute Gasteiger partial charge is 0.494 e. The van der Waals surface area contributed by atoms with Gasteiger partial charge in [-0.2, -0.15) is 0 Å². The van der Waals surface area contributed by atoms with Crippen molar-refractivity contribution in [1.82, 2.24) is 0 Å². The number of benzene rings is 2. The van der Waals surface area contributed by atoms with Crippen molar-refractivity contribution in [1.29, 1.82) is 0 Å². The molecule has 0 atom stereocenters. The van der Waals surface area contributed by atoms with Crippen LogP contribution in [0, 0.1) is 0 Å². The molecule has 0 aliphatic heterocycles. The number of carbonyl (C=O) groups is 2. The molecule has 0 aliphatic rings. The van der Waals surface area contributed by atoms with Gasteiger partial charge in [0.15, 0.2) is 12.4 Å². The summed E-state index contributed by atoms with van der Waals surface area (Å²) in [4.78, 5) is 24.8. The van der Waals surface area contributed by atoms with Crippen molar-refractivity contribution in [3.63, 3.8) is 0 Å². The Hall–Kier alpha value is -2.62. The first-order chi connectivity index (χ1) is 17.1. The summed E-state index contributed by atoms with van der Waals surface area (Å²) in [6.45, 7) is 4.87. The van der Waals surface area contributed by atoms with Gasteiger partial charge in [0.05, 0.1) is 12.2 Å². The molecule has 0 bridgehead atoms. The molecule has 2 aromatic rings. The van der Waals surface area contributed by atoms with Gasteiger partial charge in [0, 0.05) is 5.56 Å². The average Bonchev–Trinajstić information content (AvgIpc) is 2.89. The zero-order valence-electron chi connectivity index (χ0n) is 21.9. The predicted molar refractivity (Wildman–Crippen MR) is 143 cm³/mol. The van der Waals surface area contributed by atoms with Crippen molar-refractivity contribution in [2.45, 2.75) is 97.3 Å². The molecule has 4 heteroatoms. The first-order valence-electron chi connectivity index (χ1n) is 13.7. The summed E-state index contributed by atoms with van der Waals surface area (Å²) in [5.41, 5.74) is 2.21. The molecule has 0 radical (unpaired) electrons. The summed E-state index contributed by atoms with van der Waals surface area (Å²) >= 11 is 0. The van der Waals surface area contributed by atoms with E-state index in [1.807, 2.05) is 12.1 Å². The molecular formula is C31H44O4. The van der Waals surface area contributed by atoms with Crippen LogP contribution in [0.2, 0.25) is 0 Å². The number of hydrogen-bond donors (Lipinski definition) is 0. The van der Waals surface area contributed by atoms with Gasteiger partial charge in [0.1, 0.15) is 5.75 Å². The Morgan fingerprint density at radius 3 is 1.80 bits per heavy atom. The van der Waals surface area contributed by atoms with Crippen LogP contribution in [0.4, 0.5) is 0 Å². The number of rotatable bonds is 19. The number of unbranched alkanes of at least 4 members (excludes halogenated alkanes) is 10. The number of ether oxygens (including phenoxy) is 2. The minimum Gasteiger partial charge on any atom is -0.494 e. The van der Waals surface area contributed by atoms with E-state index in [1.165, 1.54) is 76.2 Å². The number of esters is 1. The zero-order chi connectivity index (χ0) is 25.1. The van der Waals surface area contributed by atoms with Crippen molar-refractivity contribution in [2.24, 2.45) is 0 Å². The van der Waals surface area contributed by atoms with Gasteiger partial charge in [-0.25, -0.2) is 4.79 Å². The van der Waals surface area contributed by atoms with E-state index in [1.54, 1.807) is 36.4 Å². The number of Topliss-reactive ketones (excluding diaryl/α,β-unsaturated/α-hetero) is 1. The number of hydrogen-bond acceptors (Lipinski definition) is 4. The van der Waals surface area contributed by atoms with E-state index in [-0.39, 0.29) is 12.4 Å². The van der Waals surface area contributed by atoms with E-state index in [9.17, 15) is 9.59 Å². The first-order valence-corrected chi connectivity index (χ1v) is 13.7. The topological polar surface area (TPSA) is 52.6 Å².